The molecule has 0 amide bonds. The Morgan fingerprint density at radius 1 is 0.667 bits per heavy atom. The van der Waals surface area contributed by atoms with Crippen molar-refractivity contribution in [3.05, 3.63) is 95.3 Å². The number of anilines is 2. The molecular formula is C68H66F6N10O6. The number of fused-ring (bicyclic) bond motifs is 6. The lowest BCUT2D eigenvalue weighted by molar-refractivity contribution is 0.0447. The maximum absolute atomic E-state index is 16.8. The molecule has 1 saturated carbocycles. The SMILES string of the molecule is C#Cc1c(F)ccc2cc(O)cc(-c3ncc4c(N5CCCC(C)(O)C5)nc(OCC56CC(F)CN5CC5(CC5)C6)nc4c3F)c12.C#Cc1c(F)ccc2cc(O)cc(-c3ncc4c(N5CCOCCC5C)nc(OCC56CCCN5CC(F)C6)nc4c3F)c12. The van der Waals surface area contributed by atoms with Crippen molar-refractivity contribution in [1.29, 1.82) is 0 Å². The van der Waals surface area contributed by atoms with Crippen molar-refractivity contribution in [2.45, 2.75) is 113 Å². The van der Waals surface area contributed by atoms with Crippen LogP contribution in [0.1, 0.15) is 89.2 Å². The van der Waals surface area contributed by atoms with Crippen LogP contribution < -0.4 is 19.3 Å². The zero-order chi connectivity index (χ0) is 62.6. The summed E-state index contributed by atoms with van der Waals surface area (Å²) in [6.07, 6.45) is 20.0. The van der Waals surface area contributed by atoms with Crippen molar-refractivity contribution >= 4 is 55.0 Å². The van der Waals surface area contributed by atoms with Crippen LogP contribution in [0.15, 0.2) is 60.9 Å². The van der Waals surface area contributed by atoms with Crippen molar-refractivity contribution in [3.8, 4) is 70.7 Å². The van der Waals surface area contributed by atoms with Gasteiger partial charge in [0.05, 0.1) is 45.2 Å². The summed E-state index contributed by atoms with van der Waals surface area (Å²) in [5.74, 6) is 2.29. The van der Waals surface area contributed by atoms with Gasteiger partial charge >= 0.3 is 12.0 Å². The molecule has 3 N–H and O–H groups in total. The number of piperidine rings is 1. The lowest BCUT2D eigenvalue weighted by atomic mass is 9.89. The minimum absolute atomic E-state index is 0.0217. The Morgan fingerprint density at radius 2 is 1.22 bits per heavy atom. The molecule has 1 spiro atoms. The van der Waals surface area contributed by atoms with E-state index >= 15 is 8.78 Å². The van der Waals surface area contributed by atoms with Crippen molar-refractivity contribution in [3.63, 3.8) is 0 Å². The summed E-state index contributed by atoms with van der Waals surface area (Å²) in [7, 11) is 0. The summed E-state index contributed by atoms with van der Waals surface area (Å²) in [6, 6.07) is 10.8. The largest absolute Gasteiger partial charge is 0.508 e. The lowest BCUT2D eigenvalue weighted by Crippen LogP contribution is -2.46. The second-order valence-electron chi connectivity index (χ2n) is 26.0. The molecule has 6 saturated heterocycles. The van der Waals surface area contributed by atoms with Crippen LogP contribution in [0.3, 0.4) is 0 Å². The molecule has 10 heterocycles. The highest BCUT2D eigenvalue weighted by molar-refractivity contribution is 6.04. The summed E-state index contributed by atoms with van der Waals surface area (Å²) >= 11 is 0. The first-order valence-electron chi connectivity index (χ1n) is 30.7. The van der Waals surface area contributed by atoms with Crippen LogP contribution in [0.4, 0.5) is 38.0 Å². The van der Waals surface area contributed by atoms with E-state index in [2.05, 4.69) is 41.6 Å². The maximum Gasteiger partial charge on any atom is 0.319 e. The highest BCUT2D eigenvalue weighted by atomic mass is 19.2. The summed E-state index contributed by atoms with van der Waals surface area (Å²) in [6.45, 7) is 8.94. The molecule has 8 aromatic rings. The number of nitrogens with zero attached hydrogens (tertiary/aromatic N) is 10. The predicted molar refractivity (Wildman–Crippen MR) is 328 cm³/mol. The Balaban J connectivity index is 0.000000157. The molecule has 7 aliphatic rings. The van der Waals surface area contributed by atoms with Gasteiger partial charge in [0.1, 0.15) is 82.7 Å². The van der Waals surface area contributed by atoms with Crippen molar-refractivity contribution < 1.29 is 55.9 Å². The number of β-amino-alcohol motifs (C(OH)–C–C–N with tert-alkyl or cyclic N) is 1. The smallest absolute Gasteiger partial charge is 0.319 e. The van der Waals surface area contributed by atoms with Crippen LogP contribution in [0.5, 0.6) is 23.5 Å². The molecule has 15 rings (SSSR count). The van der Waals surface area contributed by atoms with Crippen LogP contribution in [0, 0.1) is 53.4 Å². The number of terminal acetylenes is 2. The number of hydrogen-bond donors (Lipinski definition) is 3. The fraction of sp³-hybridized carbons (Fsp3) is 0.441. The molecule has 4 aromatic heterocycles. The first kappa shape index (κ1) is 59.3. The Morgan fingerprint density at radius 3 is 1.81 bits per heavy atom. The van der Waals surface area contributed by atoms with E-state index in [0.717, 1.165) is 51.6 Å². The summed E-state index contributed by atoms with van der Waals surface area (Å²) in [4.78, 5) is 35.7. The lowest BCUT2D eigenvalue weighted by Gasteiger charge is -2.38. The molecule has 6 aliphatic heterocycles. The van der Waals surface area contributed by atoms with Crippen LogP contribution in [0.25, 0.3) is 65.9 Å². The first-order chi connectivity index (χ1) is 43.3. The Kier molecular flexibility index (Phi) is 14.9. The summed E-state index contributed by atoms with van der Waals surface area (Å²) < 4.78 is 110. The van der Waals surface area contributed by atoms with Gasteiger partial charge in [0.25, 0.3) is 0 Å². The van der Waals surface area contributed by atoms with E-state index in [1.807, 2.05) is 16.7 Å². The number of aliphatic hydroxyl groups is 1. The first-order valence-corrected chi connectivity index (χ1v) is 30.7. The van der Waals surface area contributed by atoms with E-state index in [1.165, 1.54) is 60.9 Å². The molecule has 7 fully saturated rings. The van der Waals surface area contributed by atoms with Crippen molar-refractivity contribution in [2.24, 2.45) is 5.41 Å². The predicted octanol–water partition coefficient (Wildman–Crippen LogP) is 10.9. The maximum atomic E-state index is 16.8. The molecule has 6 unspecified atom stereocenters. The van der Waals surface area contributed by atoms with E-state index in [4.69, 9.17) is 37.0 Å². The normalized spacial score (nSPS) is 25.5. The third-order valence-corrected chi connectivity index (χ3v) is 19.7. The zero-order valence-electron chi connectivity index (χ0n) is 49.8. The fourth-order valence-electron chi connectivity index (χ4n) is 15.3. The number of phenolic OH excluding ortho intramolecular Hbond substituents is 2. The average molecular weight is 1230 g/mol. The van der Waals surface area contributed by atoms with E-state index in [0.29, 0.717) is 98.3 Å². The van der Waals surface area contributed by atoms with Gasteiger partial charge in [-0.1, -0.05) is 24.0 Å². The Labute approximate surface area is 515 Å². The number of rotatable bonds is 10. The number of aromatic nitrogens is 6. The number of pyridine rings is 2. The van der Waals surface area contributed by atoms with Gasteiger partial charge in [0.2, 0.25) is 0 Å². The van der Waals surface area contributed by atoms with Crippen LogP contribution in [0.2, 0.25) is 0 Å². The van der Waals surface area contributed by atoms with Crippen molar-refractivity contribution in [2.75, 3.05) is 82.0 Å². The van der Waals surface area contributed by atoms with Gasteiger partial charge in [-0.05, 0) is 124 Å². The molecule has 1 aliphatic carbocycles. The van der Waals surface area contributed by atoms with Gasteiger partial charge in [0.15, 0.2) is 11.6 Å². The molecule has 4 aromatic carbocycles. The van der Waals surface area contributed by atoms with Crippen LogP contribution in [-0.4, -0.2) is 162 Å². The molecule has 90 heavy (non-hydrogen) atoms. The van der Waals surface area contributed by atoms with Gasteiger partial charge in [-0.25, -0.2) is 26.3 Å². The second kappa shape index (κ2) is 22.6. The molecule has 466 valence electrons. The quantitative estimate of drug-likeness (QED) is 0.0869. The van der Waals surface area contributed by atoms with E-state index in [-0.39, 0.29) is 110 Å². The zero-order valence-corrected chi connectivity index (χ0v) is 49.8. The highest BCUT2D eigenvalue weighted by Gasteiger charge is 2.62. The third kappa shape index (κ3) is 10.5. The van der Waals surface area contributed by atoms with E-state index in [1.54, 1.807) is 6.92 Å². The standard InChI is InChI=1S/C35H34F3N5O3.C33H32F3N5O3/c1-3-23-26(37)6-5-20-11-22(44)12-24(27(20)23)29-28(38)30-25(14-39-29)31(42-10-4-7-33(2,45)17-42)41-32(40-30)46-19-35-13-21(36)15-43(35)18-34(16-35)8-9-34;1-3-23-26(35)6-5-20-13-22(42)14-24(27(20)23)29-28(36)30-25(16-37-29)31(41-10-12-43-11-7-19(41)2)39-32(38-30)44-18-33-8-4-9-40(33)17-21(34)15-33/h1,5-6,11-12,14,21,44-45H,4,7-10,13,15-19H2,2H3;1,5-6,13-14,16,19,21,42H,4,7-12,15,17-18H2,2H3. The topological polar surface area (TPSA) is 179 Å². The molecule has 0 radical (unpaired) electrons. The van der Waals surface area contributed by atoms with E-state index < -0.39 is 52.3 Å². The number of alkyl halides is 2. The number of phenols is 2. The number of ether oxygens (including phenoxy) is 3. The van der Waals surface area contributed by atoms with Gasteiger partial charge in [-0.15, -0.1) is 12.8 Å². The fourth-order valence-corrected chi connectivity index (χ4v) is 15.3. The summed E-state index contributed by atoms with van der Waals surface area (Å²) in [5, 5.41) is 33.9. The van der Waals surface area contributed by atoms with Gasteiger partial charge in [-0.2, -0.15) is 19.9 Å². The number of aromatic hydroxyl groups is 2. The number of halogens is 6. The molecule has 22 heteroatoms. The molecular weight excluding hydrogens is 1170 g/mol. The number of benzene rings is 4. The molecule has 6 atom stereocenters. The van der Waals surface area contributed by atoms with Crippen LogP contribution >= 0.6 is 0 Å². The minimum atomic E-state index is -0.986. The number of hydrogen-bond acceptors (Lipinski definition) is 16. The van der Waals surface area contributed by atoms with Gasteiger partial charge in [0, 0.05) is 99.1 Å². The van der Waals surface area contributed by atoms with E-state index in [9.17, 15) is 32.9 Å². The Bertz CT molecular complexity index is 4310. The van der Waals surface area contributed by atoms with Crippen molar-refractivity contribution in [1.82, 2.24) is 39.7 Å². The summed E-state index contributed by atoms with van der Waals surface area (Å²) in [5.41, 5.74) is -2.03. The average Bonchev–Trinajstić information content (AvgIpc) is 1.44. The Hall–Kier alpha value is -8.28. The van der Waals surface area contributed by atoms with Gasteiger partial charge in [-0.3, -0.25) is 19.8 Å². The minimum Gasteiger partial charge on any atom is -0.508 e. The van der Waals surface area contributed by atoms with Crippen LogP contribution in [-0.2, 0) is 4.74 Å². The van der Waals surface area contributed by atoms with Gasteiger partial charge < -0.3 is 39.3 Å². The molecule has 16 nitrogen and oxygen atoms in total. The molecule has 0 bridgehead atoms. The highest BCUT2D eigenvalue weighted by Crippen LogP contribution is 2.61. The second-order valence-corrected chi connectivity index (χ2v) is 26.0. The third-order valence-electron chi connectivity index (χ3n) is 19.7. The monoisotopic (exact) mass is 1230 g/mol.